The first-order chi connectivity index (χ1) is 9.93. The van der Waals surface area contributed by atoms with E-state index < -0.39 is 6.10 Å². The summed E-state index contributed by atoms with van der Waals surface area (Å²) in [5.41, 5.74) is 2.24. The molecule has 0 aliphatic heterocycles. The third-order valence-electron chi connectivity index (χ3n) is 3.40. The molecule has 2 aromatic rings. The first kappa shape index (κ1) is 15.5. The monoisotopic (exact) mass is 293 g/mol. The average molecular weight is 293 g/mol. The fourth-order valence-electron chi connectivity index (χ4n) is 2.31. The van der Waals surface area contributed by atoms with Crippen LogP contribution in [0.25, 0.3) is 0 Å². The number of ether oxygens (including phenoxy) is 1. The van der Waals surface area contributed by atoms with Crippen molar-refractivity contribution in [2.24, 2.45) is 7.05 Å². The van der Waals surface area contributed by atoms with Crippen LogP contribution in [0.15, 0.2) is 12.3 Å². The minimum Gasteiger partial charge on any atom is -0.493 e. The van der Waals surface area contributed by atoms with E-state index in [-0.39, 0.29) is 0 Å². The smallest absolute Gasteiger partial charge is 0.163 e. The number of aliphatic hydroxyl groups excluding tert-OH is 1. The van der Waals surface area contributed by atoms with Crippen LogP contribution in [0.5, 0.6) is 5.75 Å². The van der Waals surface area contributed by atoms with Gasteiger partial charge in [-0.1, -0.05) is 0 Å². The highest BCUT2D eigenvalue weighted by Gasteiger charge is 2.24. The normalized spacial score (nSPS) is 12.9. The van der Waals surface area contributed by atoms with Gasteiger partial charge in [-0.25, -0.2) is 0 Å². The topological polar surface area (TPSA) is 68.3 Å². The Balaban J connectivity index is 2.36. The van der Waals surface area contributed by atoms with Gasteiger partial charge in [-0.15, -0.1) is 0 Å². The minimum atomic E-state index is -0.823. The van der Waals surface area contributed by atoms with Crippen molar-refractivity contribution >= 4 is 0 Å². The molecule has 0 bridgehead atoms. The number of hydrogen-bond acceptors (Lipinski definition) is 5. The first-order valence-corrected chi connectivity index (χ1v) is 6.87. The largest absolute Gasteiger partial charge is 0.493 e. The number of aromatic nitrogens is 4. The van der Waals surface area contributed by atoms with Crippen molar-refractivity contribution in [3.8, 4) is 5.75 Å². The molecule has 0 aliphatic carbocycles. The van der Waals surface area contributed by atoms with Crippen molar-refractivity contribution in [3.63, 3.8) is 0 Å². The number of nitrogens with zero attached hydrogens (tertiary/aromatic N) is 5. The highest BCUT2D eigenvalue weighted by molar-refractivity contribution is 5.33. The number of aliphatic hydroxyl groups is 1. The summed E-state index contributed by atoms with van der Waals surface area (Å²) >= 11 is 0. The van der Waals surface area contributed by atoms with Gasteiger partial charge in [0.1, 0.15) is 11.8 Å². The van der Waals surface area contributed by atoms with Crippen LogP contribution in [-0.4, -0.2) is 57.3 Å². The van der Waals surface area contributed by atoms with Gasteiger partial charge in [-0.05, 0) is 27.1 Å². The molecule has 7 nitrogen and oxygen atoms in total. The third-order valence-corrected chi connectivity index (χ3v) is 3.40. The molecule has 1 unspecified atom stereocenters. The van der Waals surface area contributed by atoms with Gasteiger partial charge in [0.15, 0.2) is 5.75 Å². The van der Waals surface area contributed by atoms with Crippen molar-refractivity contribution in [2.75, 3.05) is 27.7 Å². The molecular formula is C14H23N5O2. The highest BCUT2D eigenvalue weighted by Crippen LogP contribution is 2.30. The second-order valence-corrected chi connectivity index (χ2v) is 5.36. The van der Waals surface area contributed by atoms with Crippen LogP contribution in [0, 0.1) is 6.92 Å². The maximum Gasteiger partial charge on any atom is 0.163 e. The zero-order valence-corrected chi connectivity index (χ0v) is 13.2. The van der Waals surface area contributed by atoms with Gasteiger partial charge in [0.2, 0.25) is 0 Å². The van der Waals surface area contributed by atoms with Crippen LogP contribution in [0.1, 0.15) is 23.2 Å². The van der Waals surface area contributed by atoms with Crippen LogP contribution in [0.3, 0.4) is 0 Å². The summed E-state index contributed by atoms with van der Waals surface area (Å²) in [6.45, 7) is 3.41. The van der Waals surface area contributed by atoms with E-state index >= 15 is 0 Å². The lowest BCUT2D eigenvalue weighted by Gasteiger charge is -2.16. The molecule has 7 heteroatoms. The van der Waals surface area contributed by atoms with E-state index in [1.54, 1.807) is 22.7 Å². The van der Waals surface area contributed by atoms with E-state index in [9.17, 15) is 5.11 Å². The van der Waals surface area contributed by atoms with Gasteiger partial charge in [0.05, 0.1) is 31.2 Å². The maximum atomic E-state index is 10.7. The van der Waals surface area contributed by atoms with E-state index in [1.165, 1.54) is 0 Å². The van der Waals surface area contributed by atoms with Crippen LogP contribution >= 0.6 is 0 Å². The summed E-state index contributed by atoms with van der Waals surface area (Å²) in [6, 6.07) is 1.87. The molecule has 1 N–H and O–H groups in total. The van der Waals surface area contributed by atoms with Crippen LogP contribution in [0.4, 0.5) is 0 Å². The summed E-state index contributed by atoms with van der Waals surface area (Å²) in [5, 5.41) is 19.3. The lowest BCUT2D eigenvalue weighted by molar-refractivity contribution is 0.191. The molecule has 21 heavy (non-hydrogen) atoms. The Bertz CT molecular complexity index is 603. The number of aryl methyl sites for hydroxylation is 2. The molecule has 0 saturated heterocycles. The highest BCUT2D eigenvalue weighted by atomic mass is 16.5. The van der Waals surface area contributed by atoms with E-state index in [2.05, 4.69) is 15.1 Å². The standard InChI is InChI=1S/C14H23N5O2/c1-10-8-11(18(4)16-10)14(20)13-12(21-5)9-15-19(13)7-6-17(2)3/h8-9,14,20H,6-7H2,1-5H3. The van der Waals surface area contributed by atoms with Crippen molar-refractivity contribution in [1.82, 2.24) is 24.5 Å². The second kappa shape index (κ2) is 6.28. The Labute approximate surface area is 124 Å². The molecule has 0 aromatic carbocycles. The number of hydrogen-bond donors (Lipinski definition) is 1. The molecule has 0 fully saturated rings. The van der Waals surface area contributed by atoms with Gasteiger partial charge in [0.25, 0.3) is 0 Å². The molecule has 2 aromatic heterocycles. The fraction of sp³-hybridized carbons (Fsp3) is 0.571. The molecule has 0 aliphatic rings. The molecule has 2 heterocycles. The SMILES string of the molecule is COc1cnn(CCN(C)C)c1C(O)c1cc(C)nn1C. The van der Waals surface area contributed by atoms with Crippen LogP contribution < -0.4 is 4.74 Å². The molecule has 0 saturated carbocycles. The molecule has 116 valence electrons. The lowest BCUT2D eigenvalue weighted by atomic mass is 10.1. The van der Waals surface area contributed by atoms with Gasteiger partial charge in [0, 0.05) is 13.6 Å². The molecule has 2 rings (SSSR count). The van der Waals surface area contributed by atoms with E-state index in [0.29, 0.717) is 18.0 Å². The lowest BCUT2D eigenvalue weighted by Crippen LogP contribution is -2.22. The number of methoxy groups -OCH3 is 1. The Morgan fingerprint density at radius 1 is 1.43 bits per heavy atom. The number of rotatable bonds is 6. The summed E-state index contributed by atoms with van der Waals surface area (Å²) in [4.78, 5) is 2.07. The quantitative estimate of drug-likeness (QED) is 0.843. The summed E-state index contributed by atoms with van der Waals surface area (Å²) < 4.78 is 8.80. The zero-order valence-electron chi connectivity index (χ0n) is 13.2. The van der Waals surface area contributed by atoms with Gasteiger partial charge in [-0.3, -0.25) is 9.36 Å². The van der Waals surface area contributed by atoms with Crippen LogP contribution in [-0.2, 0) is 13.6 Å². The Morgan fingerprint density at radius 2 is 2.14 bits per heavy atom. The Morgan fingerprint density at radius 3 is 2.67 bits per heavy atom. The molecule has 0 spiro atoms. The molecule has 0 radical (unpaired) electrons. The second-order valence-electron chi connectivity index (χ2n) is 5.36. The Hall–Kier alpha value is -1.86. The van der Waals surface area contributed by atoms with Crippen molar-refractivity contribution in [1.29, 1.82) is 0 Å². The Kier molecular flexibility index (Phi) is 4.64. The van der Waals surface area contributed by atoms with Crippen molar-refractivity contribution in [3.05, 3.63) is 29.3 Å². The van der Waals surface area contributed by atoms with Gasteiger partial charge < -0.3 is 14.7 Å². The molecular weight excluding hydrogens is 270 g/mol. The first-order valence-electron chi connectivity index (χ1n) is 6.87. The zero-order chi connectivity index (χ0) is 15.6. The summed E-state index contributed by atoms with van der Waals surface area (Å²) in [7, 11) is 7.40. The van der Waals surface area contributed by atoms with Crippen LogP contribution in [0.2, 0.25) is 0 Å². The fourth-order valence-corrected chi connectivity index (χ4v) is 2.31. The predicted molar refractivity (Wildman–Crippen MR) is 79.3 cm³/mol. The number of likely N-dealkylation sites (N-methyl/N-ethyl adjacent to an activating group) is 1. The molecule has 0 amide bonds. The summed E-state index contributed by atoms with van der Waals surface area (Å²) in [6.07, 6.45) is 0.813. The van der Waals surface area contributed by atoms with E-state index in [0.717, 1.165) is 17.9 Å². The maximum absolute atomic E-state index is 10.7. The van der Waals surface area contributed by atoms with Crippen molar-refractivity contribution in [2.45, 2.75) is 19.6 Å². The minimum absolute atomic E-state index is 0.583. The van der Waals surface area contributed by atoms with Gasteiger partial charge >= 0.3 is 0 Å². The molecule has 1 atom stereocenters. The predicted octanol–water partition coefficient (Wildman–Crippen LogP) is 0.577. The average Bonchev–Trinajstić information content (AvgIpc) is 2.98. The third kappa shape index (κ3) is 3.25. The van der Waals surface area contributed by atoms with Crippen molar-refractivity contribution < 1.29 is 9.84 Å². The van der Waals surface area contributed by atoms with E-state index in [4.69, 9.17) is 4.74 Å². The van der Waals surface area contributed by atoms with Gasteiger partial charge in [-0.2, -0.15) is 10.2 Å². The van der Waals surface area contributed by atoms with E-state index in [1.807, 2.05) is 34.1 Å². The summed E-state index contributed by atoms with van der Waals surface area (Å²) in [5.74, 6) is 0.583.